The van der Waals surface area contributed by atoms with E-state index in [0.717, 1.165) is 41.3 Å². The summed E-state index contributed by atoms with van der Waals surface area (Å²) in [5.74, 6) is 1.53. The molecule has 0 atom stereocenters. The number of thiazole rings is 1. The number of benzene rings is 2. The van der Waals surface area contributed by atoms with Gasteiger partial charge in [0, 0.05) is 23.4 Å². The Kier molecular flexibility index (Phi) is 4.89. The number of methoxy groups -OCH3 is 1. The van der Waals surface area contributed by atoms with E-state index in [1.54, 1.807) is 13.2 Å². The average Bonchev–Trinajstić information content (AvgIpc) is 3.35. The maximum Gasteiger partial charge on any atom is 0.250 e. The fraction of sp³-hybridized carbons (Fsp3) is 0.143. The minimum absolute atomic E-state index is 0.206. The van der Waals surface area contributed by atoms with Crippen molar-refractivity contribution in [1.82, 2.24) is 4.98 Å². The van der Waals surface area contributed by atoms with Crippen LogP contribution in [-0.4, -0.2) is 24.6 Å². The van der Waals surface area contributed by atoms with Crippen LogP contribution < -0.4 is 14.8 Å². The van der Waals surface area contributed by atoms with Crippen molar-refractivity contribution >= 4 is 28.5 Å². The summed E-state index contributed by atoms with van der Waals surface area (Å²) < 4.78 is 10.7. The highest BCUT2D eigenvalue weighted by Gasteiger charge is 2.11. The molecule has 3 aromatic rings. The van der Waals surface area contributed by atoms with E-state index in [1.165, 1.54) is 23.0 Å². The summed E-state index contributed by atoms with van der Waals surface area (Å²) in [6, 6.07) is 13.6. The Hall–Kier alpha value is -3.12. The van der Waals surface area contributed by atoms with Gasteiger partial charge in [0.1, 0.15) is 11.5 Å². The van der Waals surface area contributed by atoms with Gasteiger partial charge < -0.3 is 9.47 Å². The van der Waals surface area contributed by atoms with Crippen molar-refractivity contribution in [1.29, 1.82) is 0 Å². The average molecular weight is 378 g/mol. The molecule has 0 fully saturated rings. The number of ether oxygens (including phenoxy) is 2. The molecule has 1 N–H and O–H groups in total. The van der Waals surface area contributed by atoms with E-state index in [1.807, 2.05) is 41.8 Å². The molecular formula is C21H18N2O3S. The predicted octanol–water partition coefficient (Wildman–Crippen LogP) is 4.41. The molecule has 0 spiro atoms. The van der Waals surface area contributed by atoms with Crippen LogP contribution in [0.15, 0.2) is 53.9 Å². The third kappa shape index (κ3) is 4.01. The molecule has 0 bridgehead atoms. The monoisotopic (exact) mass is 378 g/mol. The van der Waals surface area contributed by atoms with Crippen LogP contribution in [-0.2, 0) is 11.2 Å². The molecule has 0 unspecified atom stereocenters. The Labute approximate surface area is 161 Å². The number of carbonyl (C=O) groups is 1. The highest BCUT2D eigenvalue weighted by atomic mass is 32.1. The third-order valence-corrected chi connectivity index (χ3v) is 5.02. The number of amides is 1. The molecule has 2 heterocycles. The molecule has 4 rings (SSSR count). The van der Waals surface area contributed by atoms with E-state index in [4.69, 9.17) is 9.47 Å². The first-order valence-corrected chi connectivity index (χ1v) is 9.44. The topological polar surface area (TPSA) is 60.5 Å². The Bertz CT molecular complexity index is 993. The second-order valence-electron chi connectivity index (χ2n) is 6.05. The minimum atomic E-state index is -0.206. The molecule has 0 saturated carbocycles. The molecule has 5 nitrogen and oxygen atoms in total. The number of carbonyl (C=O) groups excluding carboxylic acids is 1. The van der Waals surface area contributed by atoms with Crippen molar-refractivity contribution in [3.63, 3.8) is 0 Å². The van der Waals surface area contributed by atoms with Gasteiger partial charge in [-0.2, -0.15) is 0 Å². The molecule has 1 aromatic heterocycles. The Balaban J connectivity index is 1.40. The number of fused-ring (bicyclic) bond motifs is 1. The second kappa shape index (κ2) is 7.63. The SMILES string of the molecule is COc1ccc(-c2csc(NC(=O)/C=C/c3ccc4c(c3)CCO4)n2)cc1. The quantitative estimate of drug-likeness (QED) is 0.668. The summed E-state index contributed by atoms with van der Waals surface area (Å²) in [5.41, 5.74) is 3.96. The van der Waals surface area contributed by atoms with Gasteiger partial charge in [0.15, 0.2) is 5.13 Å². The number of nitrogens with zero attached hydrogens (tertiary/aromatic N) is 1. The first kappa shape index (κ1) is 17.3. The highest BCUT2D eigenvalue weighted by molar-refractivity contribution is 7.14. The Morgan fingerprint density at radius 3 is 2.93 bits per heavy atom. The summed E-state index contributed by atoms with van der Waals surface area (Å²) in [5, 5.41) is 5.30. The number of hydrogen-bond donors (Lipinski definition) is 1. The second-order valence-corrected chi connectivity index (χ2v) is 6.91. The lowest BCUT2D eigenvalue weighted by Gasteiger charge is -2.01. The largest absolute Gasteiger partial charge is 0.497 e. The lowest BCUT2D eigenvalue weighted by atomic mass is 10.1. The van der Waals surface area contributed by atoms with Crippen molar-refractivity contribution in [2.45, 2.75) is 6.42 Å². The van der Waals surface area contributed by atoms with Gasteiger partial charge in [-0.1, -0.05) is 6.07 Å². The third-order valence-electron chi connectivity index (χ3n) is 4.26. The first-order chi connectivity index (χ1) is 13.2. The summed E-state index contributed by atoms with van der Waals surface area (Å²) in [4.78, 5) is 16.6. The van der Waals surface area contributed by atoms with Crippen LogP contribution in [0.5, 0.6) is 11.5 Å². The number of aromatic nitrogens is 1. The van der Waals surface area contributed by atoms with Crippen LogP contribution in [0.3, 0.4) is 0 Å². The highest BCUT2D eigenvalue weighted by Crippen LogP contribution is 2.27. The first-order valence-electron chi connectivity index (χ1n) is 8.56. The van der Waals surface area contributed by atoms with E-state index in [2.05, 4.69) is 16.4 Å². The van der Waals surface area contributed by atoms with Gasteiger partial charge in [0.2, 0.25) is 5.91 Å². The van der Waals surface area contributed by atoms with Gasteiger partial charge >= 0.3 is 0 Å². The predicted molar refractivity (Wildman–Crippen MR) is 107 cm³/mol. The van der Waals surface area contributed by atoms with Crippen LogP contribution in [0.25, 0.3) is 17.3 Å². The molecule has 136 valence electrons. The van der Waals surface area contributed by atoms with Crippen molar-refractivity contribution < 1.29 is 14.3 Å². The van der Waals surface area contributed by atoms with E-state index < -0.39 is 0 Å². The smallest absolute Gasteiger partial charge is 0.250 e. The van der Waals surface area contributed by atoms with Gasteiger partial charge in [0.25, 0.3) is 0 Å². The number of hydrogen-bond acceptors (Lipinski definition) is 5. The minimum Gasteiger partial charge on any atom is -0.497 e. The molecule has 1 aliphatic rings. The molecule has 0 aliphatic carbocycles. The Morgan fingerprint density at radius 1 is 1.26 bits per heavy atom. The molecule has 0 radical (unpaired) electrons. The van der Waals surface area contributed by atoms with Crippen LogP contribution in [0.2, 0.25) is 0 Å². The molecule has 2 aromatic carbocycles. The zero-order valence-electron chi connectivity index (χ0n) is 14.8. The summed E-state index contributed by atoms with van der Waals surface area (Å²) >= 11 is 1.40. The fourth-order valence-corrected chi connectivity index (χ4v) is 3.58. The van der Waals surface area contributed by atoms with Crippen molar-refractivity contribution in [3.8, 4) is 22.8 Å². The molecule has 1 amide bonds. The number of anilines is 1. The van der Waals surface area contributed by atoms with E-state index in [-0.39, 0.29) is 5.91 Å². The normalized spacial score (nSPS) is 12.6. The van der Waals surface area contributed by atoms with Crippen molar-refractivity contribution in [2.75, 3.05) is 19.0 Å². The summed E-state index contributed by atoms with van der Waals surface area (Å²) in [6.45, 7) is 0.726. The van der Waals surface area contributed by atoms with Crippen LogP contribution in [0.1, 0.15) is 11.1 Å². The molecular weight excluding hydrogens is 360 g/mol. The van der Waals surface area contributed by atoms with Crippen LogP contribution in [0, 0.1) is 0 Å². The number of rotatable bonds is 5. The summed E-state index contributed by atoms with van der Waals surface area (Å²) in [6.07, 6.45) is 4.23. The van der Waals surface area contributed by atoms with Crippen LogP contribution >= 0.6 is 11.3 Å². The van der Waals surface area contributed by atoms with Gasteiger partial charge in [0.05, 0.1) is 19.4 Å². The molecule has 0 saturated heterocycles. The van der Waals surface area contributed by atoms with Crippen molar-refractivity contribution in [3.05, 3.63) is 65.0 Å². The van der Waals surface area contributed by atoms with Gasteiger partial charge in [-0.3, -0.25) is 10.1 Å². The fourth-order valence-electron chi connectivity index (χ4n) is 2.85. The van der Waals surface area contributed by atoms with E-state index in [0.29, 0.717) is 5.13 Å². The van der Waals surface area contributed by atoms with E-state index in [9.17, 15) is 4.79 Å². The lowest BCUT2D eigenvalue weighted by Crippen LogP contribution is -2.07. The maximum absolute atomic E-state index is 12.2. The zero-order chi connectivity index (χ0) is 18.6. The molecule has 1 aliphatic heterocycles. The van der Waals surface area contributed by atoms with Crippen LogP contribution in [0.4, 0.5) is 5.13 Å². The van der Waals surface area contributed by atoms with Gasteiger partial charge in [-0.15, -0.1) is 11.3 Å². The number of nitrogens with one attached hydrogen (secondary N) is 1. The lowest BCUT2D eigenvalue weighted by molar-refractivity contribution is -0.111. The Morgan fingerprint density at radius 2 is 2.11 bits per heavy atom. The van der Waals surface area contributed by atoms with E-state index >= 15 is 0 Å². The maximum atomic E-state index is 12.2. The standard InChI is InChI=1S/C21H18N2O3S/c1-25-17-6-4-15(5-7-17)18-13-27-21(22-18)23-20(24)9-3-14-2-8-19-16(12-14)10-11-26-19/h2-9,12-13H,10-11H2,1H3,(H,22,23,24)/b9-3+. The van der Waals surface area contributed by atoms with Crippen molar-refractivity contribution in [2.24, 2.45) is 0 Å². The summed E-state index contributed by atoms with van der Waals surface area (Å²) in [7, 11) is 1.63. The zero-order valence-corrected chi connectivity index (χ0v) is 15.6. The molecule has 6 heteroatoms. The van der Waals surface area contributed by atoms with Gasteiger partial charge in [-0.05, 0) is 53.6 Å². The molecule has 27 heavy (non-hydrogen) atoms. The van der Waals surface area contributed by atoms with Gasteiger partial charge in [-0.25, -0.2) is 4.98 Å².